The van der Waals surface area contributed by atoms with E-state index in [-0.39, 0.29) is 11.9 Å². The third-order valence-electron chi connectivity index (χ3n) is 5.16. The van der Waals surface area contributed by atoms with Gasteiger partial charge in [-0.1, -0.05) is 45.0 Å². The lowest BCUT2D eigenvalue weighted by Gasteiger charge is -2.20. The van der Waals surface area contributed by atoms with Gasteiger partial charge in [0.05, 0.1) is 0 Å². The molecule has 0 spiro atoms. The first-order chi connectivity index (χ1) is 13.1. The summed E-state index contributed by atoms with van der Waals surface area (Å²) in [5.74, 6) is 1.02. The maximum atomic E-state index is 11.8. The Balaban J connectivity index is 1.85. The van der Waals surface area contributed by atoms with Crippen LogP contribution in [0.3, 0.4) is 0 Å². The number of hydrogen-bond acceptors (Lipinski definition) is 3. The van der Waals surface area contributed by atoms with Crippen molar-refractivity contribution in [3.8, 4) is 0 Å². The maximum Gasteiger partial charge on any atom is 0.222 e. The lowest BCUT2D eigenvalue weighted by atomic mass is 10.1. The van der Waals surface area contributed by atoms with Gasteiger partial charge in [-0.05, 0) is 30.6 Å². The van der Waals surface area contributed by atoms with E-state index < -0.39 is 0 Å². The van der Waals surface area contributed by atoms with Crippen LogP contribution in [-0.2, 0) is 17.9 Å². The van der Waals surface area contributed by atoms with Crippen LogP contribution in [0.4, 0.5) is 0 Å². The summed E-state index contributed by atoms with van der Waals surface area (Å²) in [7, 11) is 1.79. The van der Waals surface area contributed by atoms with Crippen molar-refractivity contribution < 1.29 is 4.79 Å². The molecule has 1 saturated heterocycles. The first-order valence-corrected chi connectivity index (χ1v) is 10.1. The molecule has 6 heteroatoms. The van der Waals surface area contributed by atoms with Crippen molar-refractivity contribution >= 4 is 11.9 Å². The monoisotopic (exact) mass is 373 g/mol. The molecule has 1 aliphatic heterocycles. The molecule has 0 bridgehead atoms. The molecule has 1 amide bonds. The van der Waals surface area contributed by atoms with Crippen molar-refractivity contribution in [3.63, 3.8) is 0 Å². The average molecular weight is 374 g/mol. The van der Waals surface area contributed by atoms with Crippen LogP contribution in [0.1, 0.15) is 44.7 Å². The van der Waals surface area contributed by atoms with Gasteiger partial charge in [-0.25, -0.2) is 0 Å². The van der Waals surface area contributed by atoms with Crippen LogP contribution >= 0.6 is 0 Å². The Morgan fingerprint density at radius 1 is 1.26 bits per heavy atom. The molecule has 0 aromatic heterocycles. The van der Waals surface area contributed by atoms with E-state index in [0.717, 1.165) is 51.6 Å². The second-order valence-corrected chi connectivity index (χ2v) is 7.03. The molecule has 0 saturated carbocycles. The number of nitrogens with zero attached hydrogens (tertiary/aromatic N) is 3. The standard InChI is InChI=1S/C21H35N5O/c1-5-20(27)26-12-11-19(16-26)24-21(22-4)23-14-17-9-8-10-18(13-17)15-25(6-2)7-3/h8-10,13,19H,5-7,11-12,14-16H2,1-4H3,(H2,22,23,24). The topological polar surface area (TPSA) is 60.0 Å². The maximum absolute atomic E-state index is 11.8. The molecule has 0 aliphatic carbocycles. The fourth-order valence-electron chi connectivity index (χ4n) is 3.45. The lowest BCUT2D eigenvalue weighted by molar-refractivity contribution is -0.129. The van der Waals surface area contributed by atoms with Crippen LogP contribution < -0.4 is 10.6 Å². The number of carbonyl (C=O) groups is 1. The molecule has 1 heterocycles. The van der Waals surface area contributed by atoms with Crippen molar-refractivity contribution in [2.24, 2.45) is 4.99 Å². The highest BCUT2D eigenvalue weighted by atomic mass is 16.2. The number of rotatable bonds is 8. The SMILES string of the molecule is CCC(=O)N1CCC(NC(=NC)NCc2cccc(CN(CC)CC)c2)C1. The van der Waals surface area contributed by atoms with Crippen molar-refractivity contribution in [1.82, 2.24) is 20.4 Å². The number of aliphatic imine (C=N–C) groups is 1. The zero-order chi connectivity index (χ0) is 19.6. The van der Waals surface area contributed by atoms with E-state index in [0.29, 0.717) is 6.42 Å². The summed E-state index contributed by atoms with van der Waals surface area (Å²) in [6, 6.07) is 8.98. The molecule has 6 nitrogen and oxygen atoms in total. The molecule has 1 unspecified atom stereocenters. The molecule has 150 valence electrons. The largest absolute Gasteiger partial charge is 0.352 e. The predicted octanol–water partition coefficient (Wildman–Crippen LogP) is 2.20. The number of amides is 1. The Morgan fingerprint density at radius 3 is 2.67 bits per heavy atom. The molecule has 1 fully saturated rings. The van der Waals surface area contributed by atoms with Crippen molar-refractivity contribution in [2.45, 2.75) is 52.7 Å². The molecular formula is C21H35N5O. The zero-order valence-corrected chi connectivity index (χ0v) is 17.3. The fraction of sp³-hybridized carbons (Fsp3) is 0.619. The van der Waals surface area contributed by atoms with Gasteiger partial charge in [-0.2, -0.15) is 0 Å². The zero-order valence-electron chi connectivity index (χ0n) is 17.3. The minimum Gasteiger partial charge on any atom is -0.352 e. The van der Waals surface area contributed by atoms with E-state index in [2.05, 4.69) is 58.6 Å². The smallest absolute Gasteiger partial charge is 0.222 e. The molecule has 1 aromatic rings. The average Bonchev–Trinajstić information content (AvgIpc) is 3.17. The summed E-state index contributed by atoms with van der Waals surface area (Å²) in [5, 5.41) is 6.85. The van der Waals surface area contributed by atoms with Gasteiger partial charge in [0.25, 0.3) is 0 Å². The highest BCUT2D eigenvalue weighted by molar-refractivity contribution is 5.80. The van der Waals surface area contributed by atoms with Gasteiger partial charge in [-0.3, -0.25) is 14.7 Å². The molecular weight excluding hydrogens is 338 g/mol. The molecule has 1 atom stereocenters. The highest BCUT2D eigenvalue weighted by Gasteiger charge is 2.25. The quantitative estimate of drug-likeness (QED) is 0.542. The van der Waals surface area contributed by atoms with Crippen molar-refractivity contribution in [1.29, 1.82) is 0 Å². The van der Waals surface area contributed by atoms with Gasteiger partial charge in [0.2, 0.25) is 5.91 Å². The van der Waals surface area contributed by atoms with E-state index in [1.54, 1.807) is 7.05 Å². The molecule has 2 rings (SSSR count). The van der Waals surface area contributed by atoms with Crippen LogP contribution in [-0.4, -0.2) is 60.9 Å². The molecule has 1 aliphatic rings. The minimum atomic E-state index is 0.229. The molecule has 0 radical (unpaired) electrons. The summed E-state index contributed by atoms with van der Waals surface area (Å²) in [6.45, 7) is 11.7. The van der Waals surface area contributed by atoms with Crippen LogP contribution in [0.25, 0.3) is 0 Å². The van der Waals surface area contributed by atoms with Crippen molar-refractivity contribution in [3.05, 3.63) is 35.4 Å². The van der Waals surface area contributed by atoms with Crippen LogP contribution in [0, 0.1) is 0 Å². The van der Waals surface area contributed by atoms with Gasteiger partial charge in [0.15, 0.2) is 5.96 Å². The first-order valence-electron chi connectivity index (χ1n) is 10.1. The third kappa shape index (κ3) is 6.54. The van der Waals surface area contributed by atoms with Crippen LogP contribution in [0.15, 0.2) is 29.3 Å². The number of nitrogens with one attached hydrogen (secondary N) is 2. The lowest BCUT2D eigenvalue weighted by Crippen LogP contribution is -2.44. The predicted molar refractivity (Wildman–Crippen MR) is 112 cm³/mol. The van der Waals surface area contributed by atoms with Gasteiger partial charge in [0.1, 0.15) is 0 Å². The minimum absolute atomic E-state index is 0.229. The summed E-state index contributed by atoms with van der Waals surface area (Å²) in [4.78, 5) is 20.5. The molecule has 2 N–H and O–H groups in total. The van der Waals surface area contributed by atoms with Gasteiger partial charge in [-0.15, -0.1) is 0 Å². The van der Waals surface area contributed by atoms with Gasteiger partial charge < -0.3 is 15.5 Å². The third-order valence-corrected chi connectivity index (χ3v) is 5.16. The number of carbonyl (C=O) groups excluding carboxylic acids is 1. The summed E-state index contributed by atoms with van der Waals surface area (Å²) in [5.41, 5.74) is 2.59. The van der Waals surface area contributed by atoms with Crippen LogP contribution in [0.5, 0.6) is 0 Å². The summed E-state index contributed by atoms with van der Waals surface area (Å²) >= 11 is 0. The first kappa shape index (κ1) is 21.2. The van der Waals surface area contributed by atoms with E-state index in [1.807, 2.05) is 11.8 Å². The Labute approximate surface area is 164 Å². The number of likely N-dealkylation sites (tertiary alicyclic amines) is 1. The Bertz CT molecular complexity index is 627. The summed E-state index contributed by atoms with van der Waals surface area (Å²) < 4.78 is 0. The summed E-state index contributed by atoms with van der Waals surface area (Å²) in [6.07, 6.45) is 1.54. The van der Waals surface area contributed by atoms with E-state index in [1.165, 1.54) is 11.1 Å². The number of guanidine groups is 1. The van der Waals surface area contributed by atoms with Gasteiger partial charge >= 0.3 is 0 Å². The second kappa shape index (κ2) is 10.9. The Kier molecular flexibility index (Phi) is 8.58. The number of benzene rings is 1. The number of hydrogen-bond donors (Lipinski definition) is 2. The van der Waals surface area contributed by atoms with Crippen molar-refractivity contribution in [2.75, 3.05) is 33.2 Å². The highest BCUT2D eigenvalue weighted by Crippen LogP contribution is 2.11. The molecule has 27 heavy (non-hydrogen) atoms. The van der Waals surface area contributed by atoms with E-state index in [4.69, 9.17) is 0 Å². The van der Waals surface area contributed by atoms with Gasteiger partial charge in [0, 0.05) is 45.7 Å². The Morgan fingerprint density at radius 2 is 2.00 bits per heavy atom. The Hall–Kier alpha value is -2.08. The van der Waals surface area contributed by atoms with E-state index >= 15 is 0 Å². The van der Waals surface area contributed by atoms with E-state index in [9.17, 15) is 4.79 Å². The van der Waals surface area contributed by atoms with Crippen LogP contribution in [0.2, 0.25) is 0 Å². The fourth-order valence-corrected chi connectivity index (χ4v) is 3.45. The molecule has 1 aromatic carbocycles. The second-order valence-electron chi connectivity index (χ2n) is 7.03. The normalized spacial score (nSPS) is 17.4.